The molecule has 0 radical (unpaired) electrons. The summed E-state index contributed by atoms with van der Waals surface area (Å²) in [7, 11) is 0. The molecule has 0 N–H and O–H groups in total. The number of imidazole rings is 1. The van der Waals surface area contributed by atoms with E-state index in [9.17, 15) is 14.4 Å². The van der Waals surface area contributed by atoms with E-state index in [0.717, 1.165) is 4.57 Å². The van der Waals surface area contributed by atoms with Crippen LogP contribution in [0.1, 0.15) is 25.6 Å². The molecule has 0 aliphatic heterocycles. The molecule has 0 amide bonds. The van der Waals surface area contributed by atoms with E-state index in [0.29, 0.717) is 11.4 Å². The Kier molecular flexibility index (Phi) is 5.09. The average Bonchev–Trinajstić information content (AvgIpc) is 3.42. The van der Waals surface area contributed by atoms with Crippen LogP contribution in [-0.2, 0) is 16.1 Å². The summed E-state index contributed by atoms with van der Waals surface area (Å²) >= 11 is 0. The van der Waals surface area contributed by atoms with Crippen molar-refractivity contribution in [3.05, 3.63) is 81.7 Å². The van der Waals surface area contributed by atoms with Crippen molar-refractivity contribution in [2.45, 2.75) is 26.4 Å². The van der Waals surface area contributed by atoms with E-state index in [1.807, 2.05) is 6.07 Å². The lowest BCUT2D eigenvalue weighted by molar-refractivity contribution is -0.146. The number of carbonyl (C=O) groups excluding carboxylic acids is 1. The van der Waals surface area contributed by atoms with Gasteiger partial charge in [-0.2, -0.15) is 0 Å². The number of hydrogen-bond donors (Lipinski definition) is 0. The van der Waals surface area contributed by atoms with Crippen LogP contribution in [0.2, 0.25) is 0 Å². The highest BCUT2D eigenvalue weighted by atomic mass is 16.5. The van der Waals surface area contributed by atoms with Gasteiger partial charge in [0, 0.05) is 0 Å². The number of aromatic nitrogens is 4. The molecule has 1 atom stereocenters. The first-order valence-electron chi connectivity index (χ1n) is 9.49. The molecular weight excluding hydrogens is 388 g/mol. The lowest BCUT2D eigenvalue weighted by atomic mass is 10.3. The van der Waals surface area contributed by atoms with Gasteiger partial charge in [-0.1, -0.05) is 18.2 Å². The van der Waals surface area contributed by atoms with Crippen molar-refractivity contribution in [1.82, 2.24) is 18.7 Å². The highest BCUT2D eigenvalue weighted by molar-refractivity contribution is 5.79. The maximum absolute atomic E-state index is 13.3. The van der Waals surface area contributed by atoms with Crippen LogP contribution in [0, 0.1) is 0 Å². The maximum atomic E-state index is 13.3. The number of para-hydroxylation sites is 1. The number of rotatable bonds is 6. The third kappa shape index (κ3) is 3.24. The third-order valence-electron chi connectivity index (χ3n) is 4.81. The normalized spacial score (nSPS) is 12.2. The van der Waals surface area contributed by atoms with E-state index >= 15 is 0 Å². The standard InChI is InChI=1S/C21H20N4O5/c1-3-29-20(27)14(2)24-13-22-18-17(24)19(26)23(12-16-10-7-11-30-16)21(28)25(18)15-8-5-4-6-9-15/h4-11,13-14H,3,12H2,1-2H3/t14-/m1/s1. The molecule has 0 saturated heterocycles. The molecule has 9 heteroatoms. The summed E-state index contributed by atoms with van der Waals surface area (Å²) in [6.07, 6.45) is 2.85. The predicted octanol–water partition coefficient (Wildman–Crippen LogP) is 2.11. The second-order valence-corrected chi connectivity index (χ2v) is 6.68. The van der Waals surface area contributed by atoms with Crippen LogP contribution in [0.25, 0.3) is 16.9 Å². The minimum absolute atomic E-state index is 0.0492. The molecule has 0 unspecified atom stereocenters. The SMILES string of the molecule is CCOC(=O)[C@@H](C)n1cnc2c1c(=O)n(Cc1ccco1)c(=O)n2-c1ccccc1. The van der Waals surface area contributed by atoms with Crippen LogP contribution < -0.4 is 11.2 Å². The first-order chi connectivity index (χ1) is 14.5. The molecule has 9 nitrogen and oxygen atoms in total. The van der Waals surface area contributed by atoms with Crippen molar-refractivity contribution < 1.29 is 13.9 Å². The molecule has 30 heavy (non-hydrogen) atoms. The fourth-order valence-electron chi connectivity index (χ4n) is 3.32. The van der Waals surface area contributed by atoms with Gasteiger partial charge in [0.1, 0.15) is 11.8 Å². The molecular formula is C21H20N4O5. The predicted molar refractivity (Wildman–Crippen MR) is 109 cm³/mol. The van der Waals surface area contributed by atoms with E-state index in [1.54, 1.807) is 50.2 Å². The number of carbonyl (C=O) groups is 1. The molecule has 0 saturated carbocycles. The van der Waals surface area contributed by atoms with E-state index in [1.165, 1.54) is 21.7 Å². The second-order valence-electron chi connectivity index (χ2n) is 6.68. The van der Waals surface area contributed by atoms with Crippen LogP contribution >= 0.6 is 0 Å². The summed E-state index contributed by atoms with van der Waals surface area (Å²) < 4.78 is 14.3. The van der Waals surface area contributed by atoms with Gasteiger partial charge in [0.2, 0.25) is 0 Å². The first-order valence-corrected chi connectivity index (χ1v) is 9.49. The van der Waals surface area contributed by atoms with Gasteiger partial charge in [0.15, 0.2) is 11.2 Å². The zero-order chi connectivity index (χ0) is 21.3. The number of benzene rings is 1. The first kappa shape index (κ1) is 19.4. The Morgan fingerprint density at radius 1 is 1.17 bits per heavy atom. The molecule has 4 rings (SSSR count). The van der Waals surface area contributed by atoms with Gasteiger partial charge in [0.25, 0.3) is 5.56 Å². The van der Waals surface area contributed by atoms with Crippen LogP contribution in [0.5, 0.6) is 0 Å². The maximum Gasteiger partial charge on any atom is 0.337 e. The Bertz CT molecular complexity index is 1300. The monoisotopic (exact) mass is 408 g/mol. The Labute approximate surface area is 170 Å². The Morgan fingerprint density at radius 2 is 1.93 bits per heavy atom. The van der Waals surface area contributed by atoms with Crippen molar-refractivity contribution in [3.8, 4) is 5.69 Å². The summed E-state index contributed by atoms with van der Waals surface area (Å²) in [6, 6.07) is 11.5. The Balaban J connectivity index is 2.02. The highest BCUT2D eigenvalue weighted by Gasteiger charge is 2.25. The average molecular weight is 408 g/mol. The van der Waals surface area contributed by atoms with Gasteiger partial charge in [-0.3, -0.25) is 9.36 Å². The van der Waals surface area contributed by atoms with Crippen molar-refractivity contribution in [3.63, 3.8) is 0 Å². The van der Waals surface area contributed by atoms with Crippen LogP contribution in [0.3, 0.4) is 0 Å². The van der Waals surface area contributed by atoms with Gasteiger partial charge >= 0.3 is 11.7 Å². The highest BCUT2D eigenvalue weighted by Crippen LogP contribution is 2.18. The second kappa shape index (κ2) is 7.86. The van der Waals surface area contributed by atoms with Gasteiger partial charge in [0.05, 0.1) is 31.4 Å². The molecule has 3 heterocycles. The molecule has 0 bridgehead atoms. The lowest BCUT2D eigenvalue weighted by Gasteiger charge is -2.15. The number of esters is 1. The fraction of sp³-hybridized carbons (Fsp3) is 0.238. The van der Waals surface area contributed by atoms with Gasteiger partial charge in [-0.15, -0.1) is 0 Å². The number of ether oxygens (including phenoxy) is 1. The quantitative estimate of drug-likeness (QED) is 0.453. The largest absolute Gasteiger partial charge is 0.467 e. The van der Waals surface area contributed by atoms with Gasteiger partial charge in [-0.25, -0.2) is 19.1 Å². The third-order valence-corrected chi connectivity index (χ3v) is 4.81. The molecule has 0 aliphatic rings. The summed E-state index contributed by atoms with van der Waals surface area (Å²) in [5, 5.41) is 0. The minimum Gasteiger partial charge on any atom is -0.467 e. The molecule has 0 fully saturated rings. The topological polar surface area (TPSA) is 101 Å². The fourth-order valence-corrected chi connectivity index (χ4v) is 3.32. The zero-order valence-electron chi connectivity index (χ0n) is 16.5. The van der Waals surface area contributed by atoms with Crippen LogP contribution in [-0.4, -0.2) is 31.3 Å². The van der Waals surface area contributed by atoms with Gasteiger partial charge in [-0.05, 0) is 38.1 Å². The number of fused-ring (bicyclic) bond motifs is 1. The summed E-state index contributed by atoms with van der Waals surface area (Å²) in [5.41, 5.74) is -0.264. The van der Waals surface area contributed by atoms with Crippen molar-refractivity contribution >= 4 is 17.1 Å². The number of hydrogen-bond acceptors (Lipinski definition) is 6. The number of nitrogens with zero attached hydrogens (tertiary/aromatic N) is 4. The Morgan fingerprint density at radius 3 is 2.60 bits per heavy atom. The van der Waals surface area contributed by atoms with Crippen molar-refractivity contribution in [1.29, 1.82) is 0 Å². The molecule has 3 aromatic heterocycles. The Hall–Kier alpha value is -3.88. The lowest BCUT2D eigenvalue weighted by Crippen LogP contribution is -2.40. The van der Waals surface area contributed by atoms with Crippen LogP contribution in [0.15, 0.2) is 69.1 Å². The van der Waals surface area contributed by atoms with E-state index < -0.39 is 23.3 Å². The summed E-state index contributed by atoms with van der Waals surface area (Å²) in [6.45, 7) is 3.49. The van der Waals surface area contributed by atoms with E-state index in [2.05, 4.69) is 4.98 Å². The molecule has 154 valence electrons. The smallest absolute Gasteiger partial charge is 0.337 e. The summed E-state index contributed by atoms with van der Waals surface area (Å²) in [4.78, 5) is 43.2. The molecule has 1 aromatic carbocycles. The molecule has 4 aromatic rings. The minimum atomic E-state index is -0.790. The van der Waals surface area contributed by atoms with Crippen LogP contribution in [0.4, 0.5) is 0 Å². The molecule has 0 aliphatic carbocycles. The van der Waals surface area contributed by atoms with Crippen molar-refractivity contribution in [2.24, 2.45) is 0 Å². The molecule has 0 spiro atoms. The number of furan rings is 1. The zero-order valence-corrected chi connectivity index (χ0v) is 16.5. The van der Waals surface area contributed by atoms with Crippen molar-refractivity contribution in [2.75, 3.05) is 6.61 Å². The van der Waals surface area contributed by atoms with E-state index in [-0.39, 0.29) is 24.3 Å². The summed E-state index contributed by atoms with van der Waals surface area (Å²) in [5.74, 6) is -0.0380. The van der Waals surface area contributed by atoms with Gasteiger partial charge < -0.3 is 13.7 Å². The van der Waals surface area contributed by atoms with E-state index in [4.69, 9.17) is 9.15 Å².